The fraction of sp³-hybridized carbons (Fsp3) is 0.455. The van der Waals surface area contributed by atoms with Crippen LogP contribution < -0.4 is 0 Å². The van der Waals surface area contributed by atoms with Gasteiger partial charge in [0.25, 0.3) is 0 Å². The highest BCUT2D eigenvalue weighted by Gasteiger charge is 2.58. The Morgan fingerprint density at radius 3 is 2.33 bits per heavy atom. The van der Waals surface area contributed by atoms with Crippen LogP contribution in [0.15, 0.2) is 42.5 Å². The van der Waals surface area contributed by atoms with Crippen LogP contribution in [-0.2, 0) is 24.4 Å². The van der Waals surface area contributed by atoms with Gasteiger partial charge in [-0.25, -0.2) is 0 Å². The lowest BCUT2D eigenvalue weighted by Gasteiger charge is -2.23. The van der Waals surface area contributed by atoms with Crippen LogP contribution in [0, 0.1) is 5.92 Å². The van der Waals surface area contributed by atoms with Gasteiger partial charge in [0, 0.05) is 5.41 Å². The van der Waals surface area contributed by atoms with E-state index in [2.05, 4.69) is 17.0 Å². The largest absolute Gasteiger partial charge is 0.416 e. The van der Waals surface area contributed by atoms with E-state index in [1.165, 1.54) is 23.3 Å². The summed E-state index contributed by atoms with van der Waals surface area (Å²) < 4.78 is 40.1. The van der Waals surface area contributed by atoms with E-state index in [4.69, 9.17) is 0 Å². The summed E-state index contributed by atoms with van der Waals surface area (Å²) in [5.41, 5.74) is 3.79. The van der Waals surface area contributed by atoms with Gasteiger partial charge in [-0.05, 0) is 86.6 Å². The Labute approximate surface area is 165 Å². The predicted octanol–water partition coefficient (Wildman–Crippen LogP) is 5.48. The summed E-state index contributed by atoms with van der Waals surface area (Å²) in [5, 5.41) is 0. The Kier molecular flexibility index (Phi) is 5.35. The van der Waals surface area contributed by atoms with E-state index in [1.807, 2.05) is 26.2 Å². The van der Waals surface area contributed by atoms with E-state index >= 15 is 0 Å². The first-order valence-electron chi connectivity index (χ1n) is 9.26. The minimum Gasteiger partial charge on any atom is -0.309 e. The van der Waals surface area contributed by atoms with Gasteiger partial charge < -0.3 is 4.90 Å². The molecule has 146 valence electrons. The number of nitrogens with zero attached hydrogens (tertiary/aromatic N) is 1. The summed E-state index contributed by atoms with van der Waals surface area (Å²) in [6.07, 6.45) is -0.622. The van der Waals surface area contributed by atoms with Gasteiger partial charge in [-0.1, -0.05) is 30.3 Å². The molecule has 0 aromatic heterocycles. The molecular weight excluding hydrogens is 371 g/mol. The van der Waals surface area contributed by atoms with Crippen LogP contribution in [-0.4, -0.2) is 25.5 Å². The average Bonchev–Trinajstić information content (AvgIpc) is 3.34. The zero-order chi connectivity index (χ0) is 18.5. The zero-order valence-corrected chi connectivity index (χ0v) is 16.5. The molecule has 1 nitrogen and oxygen atoms in total. The topological polar surface area (TPSA) is 3.24 Å². The van der Waals surface area contributed by atoms with Crippen LogP contribution in [0.2, 0.25) is 0 Å². The van der Waals surface area contributed by atoms with Gasteiger partial charge >= 0.3 is 6.18 Å². The lowest BCUT2D eigenvalue weighted by molar-refractivity contribution is -0.137. The van der Waals surface area contributed by atoms with Crippen molar-refractivity contribution in [2.75, 3.05) is 20.6 Å². The molecule has 27 heavy (non-hydrogen) atoms. The third-order valence-electron chi connectivity index (χ3n) is 6.11. The number of fused-ring (bicyclic) bond motifs is 4. The monoisotopic (exact) mass is 395 g/mol. The molecule has 0 bridgehead atoms. The van der Waals surface area contributed by atoms with E-state index in [9.17, 15) is 13.2 Å². The highest BCUT2D eigenvalue weighted by molar-refractivity contribution is 5.85. The van der Waals surface area contributed by atoms with Gasteiger partial charge in [-0.2, -0.15) is 13.2 Å². The van der Waals surface area contributed by atoms with Crippen molar-refractivity contribution in [3.63, 3.8) is 0 Å². The quantitative estimate of drug-likeness (QED) is 0.664. The number of hydrogen-bond donors (Lipinski definition) is 0. The lowest BCUT2D eigenvalue weighted by Crippen LogP contribution is -2.19. The number of rotatable bonds is 3. The summed E-state index contributed by atoms with van der Waals surface area (Å²) >= 11 is 0. The van der Waals surface area contributed by atoms with Crippen LogP contribution in [0.5, 0.6) is 0 Å². The molecular formula is C22H25ClF3N. The van der Waals surface area contributed by atoms with Crippen molar-refractivity contribution in [3.05, 3.63) is 70.3 Å². The molecule has 0 N–H and O–H groups in total. The zero-order valence-electron chi connectivity index (χ0n) is 15.6. The Morgan fingerprint density at radius 1 is 1.00 bits per heavy atom. The molecule has 2 aliphatic rings. The SMILES string of the molecule is CN(C)CCC1CC12c1ccccc1CCc1ccc(C(F)(F)F)cc12.Cl. The Balaban J connectivity index is 0.00000210. The second-order valence-corrected chi connectivity index (χ2v) is 7.99. The molecule has 5 heteroatoms. The van der Waals surface area contributed by atoms with Crippen molar-refractivity contribution < 1.29 is 13.2 Å². The molecule has 2 unspecified atom stereocenters. The van der Waals surface area contributed by atoms with E-state index in [-0.39, 0.29) is 17.8 Å². The first-order valence-corrected chi connectivity index (χ1v) is 9.26. The van der Waals surface area contributed by atoms with Gasteiger partial charge in [0.2, 0.25) is 0 Å². The fourth-order valence-electron chi connectivity index (χ4n) is 4.73. The maximum absolute atomic E-state index is 13.4. The van der Waals surface area contributed by atoms with Gasteiger partial charge in [-0.3, -0.25) is 0 Å². The molecule has 0 amide bonds. The maximum atomic E-state index is 13.4. The number of aryl methyl sites for hydroxylation is 2. The smallest absolute Gasteiger partial charge is 0.309 e. The third-order valence-corrected chi connectivity index (χ3v) is 6.11. The highest BCUT2D eigenvalue weighted by atomic mass is 35.5. The third kappa shape index (κ3) is 3.50. The van der Waals surface area contributed by atoms with Crippen LogP contribution in [0.3, 0.4) is 0 Å². The van der Waals surface area contributed by atoms with Crippen molar-refractivity contribution in [2.24, 2.45) is 5.92 Å². The standard InChI is InChI=1S/C22H24F3N.ClH/c1-26(2)12-11-18-14-21(18)19-6-4-3-5-15(19)7-8-16-9-10-17(13-20(16)21)22(23,24)25;/h3-6,9-10,13,18H,7-8,11-12,14H2,1-2H3;1H. The average molecular weight is 396 g/mol. The highest BCUT2D eigenvalue weighted by Crippen LogP contribution is 2.63. The van der Waals surface area contributed by atoms with Gasteiger partial charge in [-0.15, -0.1) is 12.4 Å². The van der Waals surface area contributed by atoms with Crippen molar-refractivity contribution in [1.82, 2.24) is 4.90 Å². The number of benzene rings is 2. The second-order valence-electron chi connectivity index (χ2n) is 7.99. The van der Waals surface area contributed by atoms with Gasteiger partial charge in [0.05, 0.1) is 5.56 Å². The van der Waals surface area contributed by atoms with Crippen molar-refractivity contribution in [3.8, 4) is 0 Å². The molecule has 1 saturated carbocycles. The first kappa shape index (κ1) is 20.2. The molecule has 0 saturated heterocycles. The molecule has 4 rings (SSSR count). The Morgan fingerprint density at radius 2 is 1.67 bits per heavy atom. The Bertz CT molecular complexity index is 831. The molecule has 1 fully saturated rings. The predicted molar refractivity (Wildman–Crippen MR) is 105 cm³/mol. The van der Waals surface area contributed by atoms with Crippen LogP contribution in [0.4, 0.5) is 13.2 Å². The molecule has 0 radical (unpaired) electrons. The molecule has 2 atom stereocenters. The van der Waals surface area contributed by atoms with Crippen LogP contribution >= 0.6 is 12.4 Å². The minimum absolute atomic E-state index is 0. The minimum atomic E-state index is -4.30. The molecule has 0 aliphatic heterocycles. The second kappa shape index (κ2) is 7.14. The summed E-state index contributed by atoms with van der Waals surface area (Å²) in [5.74, 6) is 0.409. The van der Waals surface area contributed by atoms with Crippen LogP contribution in [0.25, 0.3) is 0 Å². The number of hydrogen-bond acceptors (Lipinski definition) is 1. The fourth-order valence-corrected chi connectivity index (χ4v) is 4.73. The first-order chi connectivity index (χ1) is 12.3. The molecule has 1 spiro atoms. The van der Waals surface area contributed by atoms with Crippen molar-refractivity contribution >= 4 is 12.4 Å². The number of halogens is 4. The lowest BCUT2D eigenvalue weighted by atomic mass is 9.81. The summed E-state index contributed by atoms with van der Waals surface area (Å²) in [6.45, 7) is 0.961. The van der Waals surface area contributed by atoms with Crippen molar-refractivity contribution in [1.29, 1.82) is 0 Å². The molecule has 2 aromatic rings. The van der Waals surface area contributed by atoms with Gasteiger partial charge in [0.1, 0.15) is 0 Å². The molecule has 2 aromatic carbocycles. The van der Waals surface area contributed by atoms with E-state index < -0.39 is 11.7 Å². The molecule has 2 aliphatic carbocycles. The maximum Gasteiger partial charge on any atom is 0.416 e. The Hall–Kier alpha value is -1.52. The molecule has 0 heterocycles. The summed E-state index contributed by atoms with van der Waals surface area (Å²) in [4.78, 5) is 2.15. The van der Waals surface area contributed by atoms with E-state index in [1.54, 1.807) is 6.07 Å². The normalized spacial score (nSPS) is 23.4. The van der Waals surface area contributed by atoms with Gasteiger partial charge in [0.15, 0.2) is 0 Å². The van der Waals surface area contributed by atoms with E-state index in [0.29, 0.717) is 5.92 Å². The van der Waals surface area contributed by atoms with Crippen LogP contribution in [0.1, 0.15) is 40.7 Å². The van der Waals surface area contributed by atoms with Crippen molar-refractivity contribution in [2.45, 2.75) is 37.3 Å². The summed E-state index contributed by atoms with van der Waals surface area (Å²) in [6, 6.07) is 12.8. The summed E-state index contributed by atoms with van der Waals surface area (Å²) in [7, 11) is 4.09. The van der Waals surface area contributed by atoms with E-state index in [0.717, 1.165) is 43.4 Å². The number of alkyl halides is 3.